The Morgan fingerprint density at radius 1 is 1.24 bits per heavy atom. The van der Waals surface area contributed by atoms with Crippen LogP contribution in [0.25, 0.3) is 0 Å². The van der Waals surface area contributed by atoms with Crippen LogP contribution < -0.4 is 10.6 Å². The number of nitrogens with one attached hydrogen (secondary N) is 2. The summed E-state index contributed by atoms with van der Waals surface area (Å²) in [4.78, 5) is 4.32. The Morgan fingerprint density at radius 3 is 2.68 bits per heavy atom. The van der Waals surface area contributed by atoms with Gasteiger partial charge in [-0.25, -0.2) is 0 Å². The molecule has 0 aliphatic carbocycles. The van der Waals surface area contributed by atoms with E-state index in [1.807, 2.05) is 18.8 Å². The smallest absolute Gasteiger partial charge is 0.191 e. The van der Waals surface area contributed by atoms with Crippen LogP contribution in [0.1, 0.15) is 25.7 Å². The zero-order valence-electron chi connectivity index (χ0n) is 15.6. The van der Waals surface area contributed by atoms with Crippen molar-refractivity contribution in [2.24, 2.45) is 10.9 Å². The Balaban J connectivity index is 0.00000312. The highest BCUT2D eigenvalue weighted by Crippen LogP contribution is 2.32. The maximum Gasteiger partial charge on any atom is 0.191 e. The first-order chi connectivity index (χ1) is 11.8. The molecule has 2 aliphatic heterocycles. The van der Waals surface area contributed by atoms with Gasteiger partial charge in [0.15, 0.2) is 5.96 Å². The molecule has 0 saturated carbocycles. The van der Waals surface area contributed by atoms with Crippen molar-refractivity contribution in [2.75, 3.05) is 66.0 Å². The van der Waals surface area contributed by atoms with Crippen LogP contribution in [0.3, 0.4) is 0 Å². The van der Waals surface area contributed by atoms with Gasteiger partial charge in [0.2, 0.25) is 0 Å². The molecule has 6 nitrogen and oxygen atoms in total. The Kier molecular flexibility index (Phi) is 12.5. The molecule has 8 heteroatoms. The Hall–Kier alpha value is 0.230. The summed E-state index contributed by atoms with van der Waals surface area (Å²) in [5.41, 5.74) is 0. The van der Waals surface area contributed by atoms with E-state index in [2.05, 4.69) is 21.9 Å². The van der Waals surface area contributed by atoms with E-state index in [1.165, 1.54) is 0 Å². The van der Waals surface area contributed by atoms with Crippen LogP contribution in [0.4, 0.5) is 0 Å². The van der Waals surface area contributed by atoms with Crippen LogP contribution in [0.5, 0.6) is 0 Å². The second kappa shape index (κ2) is 13.4. The molecule has 2 saturated heterocycles. The summed E-state index contributed by atoms with van der Waals surface area (Å²) >= 11 is 1.94. The lowest BCUT2D eigenvalue weighted by atomic mass is 9.99. The number of ether oxygens (including phenoxy) is 3. The third kappa shape index (κ3) is 8.64. The van der Waals surface area contributed by atoms with Gasteiger partial charge in [-0.2, -0.15) is 11.8 Å². The molecule has 2 aliphatic rings. The number of guanidine groups is 1. The van der Waals surface area contributed by atoms with E-state index in [4.69, 9.17) is 14.2 Å². The quantitative estimate of drug-likeness (QED) is 0.225. The topological polar surface area (TPSA) is 64.1 Å². The Bertz CT molecular complexity index is 376. The van der Waals surface area contributed by atoms with E-state index in [0.29, 0.717) is 5.92 Å². The van der Waals surface area contributed by atoms with Crippen LogP contribution in [0.15, 0.2) is 4.99 Å². The molecule has 0 amide bonds. The van der Waals surface area contributed by atoms with Crippen LogP contribution in [0, 0.1) is 5.92 Å². The first-order valence-corrected chi connectivity index (χ1v) is 10.2. The van der Waals surface area contributed by atoms with Gasteiger partial charge in [0.1, 0.15) is 0 Å². The van der Waals surface area contributed by atoms with Gasteiger partial charge in [0.05, 0.1) is 13.2 Å². The highest BCUT2D eigenvalue weighted by atomic mass is 127. The fourth-order valence-electron chi connectivity index (χ4n) is 3.01. The van der Waals surface area contributed by atoms with Gasteiger partial charge in [-0.3, -0.25) is 4.99 Å². The molecule has 2 rings (SSSR count). The van der Waals surface area contributed by atoms with Crippen molar-refractivity contribution in [1.82, 2.24) is 10.6 Å². The van der Waals surface area contributed by atoms with Crippen LogP contribution >= 0.6 is 35.7 Å². The van der Waals surface area contributed by atoms with Crippen molar-refractivity contribution in [1.29, 1.82) is 0 Å². The summed E-state index contributed by atoms with van der Waals surface area (Å²) in [7, 11) is 1.82. The van der Waals surface area contributed by atoms with Crippen molar-refractivity contribution in [3.63, 3.8) is 0 Å². The highest BCUT2D eigenvalue weighted by molar-refractivity contribution is 14.0. The number of thioether (sulfide) groups is 1. The lowest BCUT2D eigenvalue weighted by Crippen LogP contribution is -2.48. The summed E-state index contributed by atoms with van der Waals surface area (Å²) in [5, 5.41) is 6.84. The number of hydrogen-bond donors (Lipinski definition) is 2. The molecule has 25 heavy (non-hydrogen) atoms. The van der Waals surface area contributed by atoms with E-state index in [9.17, 15) is 0 Å². The van der Waals surface area contributed by atoms with Crippen LogP contribution in [0.2, 0.25) is 0 Å². The van der Waals surface area contributed by atoms with E-state index in [1.54, 1.807) is 0 Å². The van der Waals surface area contributed by atoms with Crippen LogP contribution in [-0.4, -0.2) is 76.7 Å². The van der Waals surface area contributed by atoms with Gasteiger partial charge in [-0.15, -0.1) is 24.0 Å². The maximum absolute atomic E-state index is 5.72. The minimum absolute atomic E-state index is 0. The molecule has 0 radical (unpaired) electrons. The molecular weight excluding hydrogens is 453 g/mol. The third-order valence-electron chi connectivity index (χ3n) is 4.77. The number of nitrogens with zero attached hydrogens (tertiary/aromatic N) is 1. The van der Waals surface area contributed by atoms with Crippen molar-refractivity contribution in [3.8, 4) is 0 Å². The molecule has 148 valence electrons. The van der Waals surface area contributed by atoms with Crippen molar-refractivity contribution < 1.29 is 14.2 Å². The molecule has 0 aromatic rings. The molecule has 2 heterocycles. The summed E-state index contributed by atoms with van der Waals surface area (Å²) in [6.07, 6.45) is 6.50. The fourth-order valence-corrected chi connectivity index (χ4v) is 3.80. The molecule has 0 aromatic carbocycles. The minimum atomic E-state index is 0. The molecule has 0 spiro atoms. The standard InChI is InChI=1S/C17H33N3O3S.HI/c1-18-16(20-14-17(24-2)5-10-21-11-6-17)19-7-3-8-22-12-15-4-9-23-13-15;/h15H,3-14H2,1-2H3,(H2,18,19,20);1H. The van der Waals surface area contributed by atoms with Gasteiger partial charge in [0.25, 0.3) is 0 Å². The monoisotopic (exact) mass is 487 g/mol. The highest BCUT2D eigenvalue weighted by Gasteiger charge is 2.31. The first-order valence-electron chi connectivity index (χ1n) is 9.01. The average molecular weight is 487 g/mol. The van der Waals surface area contributed by atoms with Gasteiger partial charge >= 0.3 is 0 Å². The number of aliphatic imine (C=N–C) groups is 1. The molecule has 0 bridgehead atoms. The van der Waals surface area contributed by atoms with Crippen molar-refractivity contribution in [3.05, 3.63) is 0 Å². The van der Waals surface area contributed by atoms with Gasteiger partial charge in [-0.05, 0) is 31.9 Å². The molecular formula is C17H34IN3O3S. The zero-order chi connectivity index (χ0) is 17.1. The van der Waals surface area contributed by atoms with Gasteiger partial charge < -0.3 is 24.8 Å². The van der Waals surface area contributed by atoms with Gasteiger partial charge in [0, 0.05) is 57.2 Å². The van der Waals surface area contributed by atoms with Crippen molar-refractivity contribution >= 4 is 41.7 Å². The number of halogens is 1. The van der Waals surface area contributed by atoms with Gasteiger partial charge in [-0.1, -0.05) is 0 Å². The van der Waals surface area contributed by atoms with Crippen LogP contribution in [-0.2, 0) is 14.2 Å². The predicted molar refractivity (Wildman–Crippen MR) is 115 cm³/mol. The molecule has 0 aromatic heterocycles. The molecule has 1 unspecified atom stereocenters. The largest absolute Gasteiger partial charge is 0.381 e. The van der Waals surface area contributed by atoms with E-state index in [0.717, 1.165) is 84.4 Å². The van der Waals surface area contributed by atoms with E-state index < -0.39 is 0 Å². The molecule has 2 fully saturated rings. The zero-order valence-corrected chi connectivity index (χ0v) is 18.7. The number of rotatable bonds is 9. The Morgan fingerprint density at radius 2 is 2.04 bits per heavy atom. The SMILES string of the molecule is CN=C(NCCCOCC1CCOC1)NCC1(SC)CCOCC1.I. The predicted octanol–water partition coefficient (Wildman–Crippen LogP) is 2.12. The summed E-state index contributed by atoms with van der Waals surface area (Å²) in [6, 6.07) is 0. The average Bonchev–Trinajstić information content (AvgIpc) is 3.14. The maximum atomic E-state index is 5.72. The summed E-state index contributed by atoms with van der Waals surface area (Å²) < 4.78 is 16.8. The lowest BCUT2D eigenvalue weighted by molar-refractivity contribution is 0.0782. The molecule has 1 atom stereocenters. The fraction of sp³-hybridized carbons (Fsp3) is 0.941. The van der Waals surface area contributed by atoms with Crippen molar-refractivity contribution in [2.45, 2.75) is 30.4 Å². The summed E-state index contributed by atoms with van der Waals surface area (Å²) in [6.45, 7) is 6.87. The van der Waals surface area contributed by atoms with E-state index in [-0.39, 0.29) is 28.7 Å². The minimum Gasteiger partial charge on any atom is -0.381 e. The second-order valence-corrected chi connectivity index (χ2v) is 7.78. The number of hydrogen-bond acceptors (Lipinski definition) is 5. The second-order valence-electron chi connectivity index (χ2n) is 6.51. The van der Waals surface area contributed by atoms with E-state index >= 15 is 0 Å². The Labute approximate surface area is 173 Å². The molecule has 2 N–H and O–H groups in total. The first kappa shape index (κ1) is 23.3. The normalized spacial score (nSPS) is 23.1. The lowest BCUT2D eigenvalue weighted by Gasteiger charge is -2.36. The summed E-state index contributed by atoms with van der Waals surface area (Å²) in [5.74, 6) is 1.47. The third-order valence-corrected chi connectivity index (χ3v) is 6.19.